The van der Waals surface area contributed by atoms with Crippen molar-refractivity contribution in [1.29, 1.82) is 0 Å². The Bertz CT molecular complexity index is 827. The summed E-state index contributed by atoms with van der Waals surface area (Å²) < 4.78 is 16.4. The van der Waals surface area contributed by atoms with Gasteiger partial charge in [0, 0.05) is 24.0 Å². The first-order chi connectivity index (χ1) is 17.5. The molecule has 212 valence electrons. The number of rotatable bonds is 19. The van der Waals surface area contributed by atoms with Gasteiger partial charge in [-0.2, -0.15) is 0 Å². The SMILES string of the molecule is CCCCCCOC(=O)CCCC(C)(C)c1cc(OCCCC)c(C(C)(C)CCCC(=O)OC)cc1O. The van der Waals surface area contributed by atoms with E-state index >= 15 is 0 Å². The Labute approximate surface area is 225 Å². The number of benzene rings is 1. The highest BCUT2D eigenvalue weighted by atomic mass is 16.5. The fourth-order valence-electron chi connectivity index (χ4n) is 4.59. The van der Waals surface area contributed by atoms with Crippen LogP contribution in [0.2, 0.25) is 0 Å². The van der Waals surface area contributed by atoms with Gasteiger partial charge in [-0.1, -0.05) is 67.2 Å². The largest absolute Gasteiger partial charge is 0.508 e. The van der Waals surface area contributed by atoms with Gasteiger partial charge in [0.2, 0.25) is 0 Å². The first-order valence-electron chi connectivity index (χ1n) is 14.2. The van der Waals surface area contributed by atoms with E-state index in [9.17, 15) is 14.7 Å². The van der Waals surface area contributed by atoms with Gasteiger partial charge >= 0.3 is 11.9 Å². The molecule has 37 heavy (non-hydrogen) atoms. The average Bonchev–Trinajstić information content (AvgIpc) is 2.84. The Morgan fingerprint density at radius 2 is 1.35 bits per heavy atom. The number of hydrogen-bond acceptors (Lipinski definition) is 6. The molecule has 0 fully saturated rings. The fourth-order valence-corrected chi connectivity index (χ4v) is 4.59. The van der Waals surface area contributed by atoms with Crippen LogP contribution in [0.4, 0.5) is 0 Å². The van der Waals surface area contributed by atoms with Gasteiger partial charge in [0.1, 0.15) is 11.5 Å². The molecule has 1 aromatic carbocycles. The molecule has 0 aliphatic heterocycles. The van der Waals surface area contributed by atoms with Gasteiger partial charge in [-0.25, -0.2) is 0 Å². The maximum atomic E-state index is 12.1. The summed E-state index contributed by atoms with van der Waals surface area (Å²) in [6.45, 7) is 13.8. The van der Waals surface area contributed by atoms with E-state index in [1.165, 1.54) is 13.5 Å². The van der Waals surface area contributed by atoms with E-state index in [2.05, 4.69) is 41.5 Å². The van der Waals surface area contributed by atoms with Crippen molar-refractivity contribution in [2.45, 2.75) is 129 Å². The number of hydrogen-bond donors (Lipinski definition) is 1. The Morgan fingerprint density at radius 3 is 1.95 bits per heavy atom. The minimum absolute atomic E-state index is 0.149. The maximum Gasteiger partial charge on any atom is 0.305 e. The minimum Gasteiger partial charge on any atom is -0.508 e. The number of carbonyl (C=O) groups excluding carboxylic acids is 2. The summed E-state index contributed by atoms with van der Waals surface area (Å²) in [7, 11) is 1.41. The van der Waals surface area contributed by atoms with Crippen LogP contribution in [0.5, 0.6) is 11.5 Å². The van der Waals surface area contributed by atoms with Crippen LogP contribution in [0.25, 0.3) is 0 Å². The van der Waals surface area contributed by atoms with Gasteiger partial charge in [-0.3, -0.25) is 9.59 Å². The highest BCUT2D eigenvalue weighted by Gasteiger charge is 2.31. The fraction of sp³-hybridized carbons (Fsp3) is 0.742. The van der Waals surface area contributed by atoms with Crippen LogP contribution in [0.15, 0.2) is 12.1 Å². The van der Waals surface area contributed by atoms with Gasteiger partial charge in [-0.05, 0) is 61.5 Å². The van der Waals surface area contributed by atoms with E-state index < -0.39 is 0 Å². The standard InChI is InChI=1S/C31H52O6/c1-8-10-12-13-21-37-29(34)17-15-18-30(3,4)24-23-27(36-20-11-9-2)25(22-26(24)32)31(5,6)19-14-16-28(33)35-7/h22-23,32H,8-21H2,1-7H3. The van der Waals surface area contributed by atoms with Gasteiger partial charge in [0.25, 0.3) is 0 Å². The van der Waals surface area contributed by atoms with Gasteiger partial charge in [-0.15, -0.1) is 0 Å². The summed E-state index contributed by atoms with van der Waals surface area (Å²) >= 11 is 0. The van der Waals surface area contributed by atoms with Crippen molar-refractivity contribution in [1.82, 2.24) is 0 Å². The van der Waals surface area contributed by atoms with E-state index in [0.29, 0.717) is 38.9 Å². The van der Waals surface area contributed by atoms with Gasteiger partial charge in [0.05, 0.1) is 20.3 Å². The molecular weight excluding hydrogens is 468 g/mol. The molecule has 1 rings (SSSR count). The van der Waals surface area contributed by atoms with Crippen LogP contribution in [0, 0.1) is 0 Å². The second kappa shape index (κ2) is 16.6. The molecule has 0 atom stereocenters. The molecule has 0 aliphatic carbocycles. The van der Waals surface area contributed by atoms with Crippen molar-refractivity contribution in [2.75, 3.05) is 20.3 Å². The lowest BCUT2D eigenvalue weighted by Crippen LogP contribution is -2.22. The summed E-state index contributed by atoms with van der Waals surface area (Å²) in [5.74, 6) is 0.658. The van der Waals surface area contributed by atoms with E-state index in [1.54, 1.807) is 0 Å². The lowest BCUT2D eigenvalue weighted by Gasteiger charge is -2.32. The smallest absolute Gasteiger partial charge is 0.305 e. The number of methoxy groups -OCH3 is 1. The molecule has 1 aromatic rings. The molecule has 0 amide bonds. The first kappa shape index (κ1) is 32.8. The Morgan fingerprint density at radius 1 is 0.757 bits per heavy atom. The van der Waals surface area contributed by atoms with E-state index in [0.717, 1.165) is 61.8 Å². The predicted molar refractivity (Wildman–Crippen MR) is 149 cm³/mol. The van der Waals surface area contributed by atoms with E-state index in [4.69, 9.17) is 14.2 Å². The number of unbranched alkanes of at least 4 members (excludes halogenated alkanes) is 4. The molecule has 0 spiro atoms. The topological polar surface area (TPSA) is 82.1 Å². The van der Waals surface area contributed by atoms with Gasteiger partial charge < -0.3 is 19.3 Å². The zero-order valence-corrected chi connectivity index (χ0v) is 24.5. The number of phenolic OH excluding ortho intramolecular Hbond substituents is 1. The Hall–Kier alpha value is -2.24. The van der Waals surface area contributed by atoms with Crippen LogP contribution >= 0.6 is 0 Å². The summed E-state index contributed by atoms with van der Waals surface area (Å²) in [5.41, 5.74) is 1.12. The second-order valence-electron chi connectivity index (χ2n) is 11.4. The highest BCUT2D eigenvalue weighted by Crippen LogP contribution is 2.44. The maximum absolute atomic E-state index is 12.1. The summed E-state index contributed by atoms with van der Waals surface area (Å²) in [6.07, 6.45) is 9.94. The van der Waals surface area contributed by atoms with Crippen LogP contribution in [-0.4, -0.2) is 37.4 Å². The number of carbonyl (C=O) groups is 2. The summed E-state index contributed by atoms with van der Waals surface area (Å²) in [6, 6.07) is 3.81. The number of ether oxygens (including phenoxy) is 3. The molecule has 0 bridgehead atoms. The third-order valence-corrected chi connectivity index (χ3v) is 7.17. The Kier molecular flexibility index (Phi) is 14.7. The average molecular weight is 521 g/mol. The second-order valence-corrected chi connectivity index (χ2v) is 11.4. The van der Waals surface area contributed by atoms with Crippen LogP contribution < -0.4 is 4.74 Å². The van der Waals surface area contributed by atoms with Gasteiger partial charge in [0.15, 0.2) is 0 Å². The molecule has 0 heterocycles. The highest BCUT2D eigenvalue weighted by molar-refractivity contribution is 5.69. The number of aromatic hydroxyl groups is 1. The molecule has 6 heteroatoms. The normalized spacial score (nSPS) is 11.9. The van der Waals surface area contributed by atoms with E-state index in [1.807, 2.05) is 12.1 Å². The molecule has 0 radical (unpaired) electrons. The predicted octanol–water partition coefficient (Wildman–Crippen LogP) is 7.76. The molecular formula is C31H52O6. The van der Waals surface area contributed by atoms with Crippen LogP contribution in [0.1, 0.15) is 130 Å². The van der Waals surface area contributed by atoms with Crippen molar-refractivity contribution in [2.24, 2.45) is 0 Å². The van der Waals surface area contributed by atoms with Crippen molar-refractivity contribution in [3.8, 4) is 11.5 Å². The van der Waals surface area contributed by atoms with Crippen molar-refractivity contribution < 1.29 is 28.9 Å². The zero-order valence-electron chi connectivity index (χ0n) is 24.5. The minimum atomic E-state index is -0.345. The Balaban J connectivity index is 2.95. The molecule has 0 aliphatic rings. The molecule has 0 saturated carbocycles. The summed E-state index contributed by atoms with van der Waals surface area (Å²) in [4.78, 5) is 23.7. The molecule has 0 saturated heterocycles. The van der Waals surface area contributed by atoms with Crippen molar-refractivity contribution >= 4 is 11.9 Å². The quantitative estimate of drug-likeness (QED) is 0.148. The number of esters is 2. The monoisotopic (exact) mass is 520 g/mol. The van der Waals surface area contributed by atoms with Crippen LogP contribution in [-0.2, 0) is 29.9 Å². The molecule has 0 aromatic heterocycles. The third-order valence-electron chi connectivity index (χ3n) is 7.17. The number of phenols is 1. The molecule has 0 unspecified atom stereocenters. The molecule has 6 nitrogen and oxygen atoms in total. The zero-order chi connectivity index (χ0) is 27.9. The summed E-state index contributed by atoms with van der Waals surface area (Å²) in [5, 5.41) is 11.1. The lowest BCUT2D eigenvalue weighted by atomic mass is 9.75. The van der Waals surface area contributed by atoms with Crippen molar-refractivity contribution in [3.63, 3.8) is 0 Å². The third kappa shape index (κ3) is 11.8. The van der Waals surface area contributed by atoms with E-state index in [-0.39, 0.29) is 28.5 Å². The first-order valence-corrected chi connectivity index (χ1v) is 14.2. The van der Waals surface area contributed by atoms with Crippen molar-refractivity contribution in [3.05, 3.63) is 23.3 Å². The van der Waals surface area contributed by atoms with Crippen LogP contribution in [0.3, 0.4) is 0 Å². The molecule has 1 N–H and O–H groups in total. The lowest BCUT2D eigenvalue weighted by molar-refractivity contribution is -0.144.